The van der Waals surface area contributed by atoms with Gasteiger partial charge in [-0.1, -0.05) is 24.3 Å². The molecule has 0 bridgehead atoms. The van der Waals surface area contributed by atoms with Crippen LogP contribution in [0, 0.1) is 12.8 Å². The van der Waals surface area contributed by atoms with Crippen molar-refractivity contribution in [3.8, 4) is 11.3 Å². The van der Waals surface area contributed by atoms with Gasteiger partial charge in [0.2, 0.25) is 0 Å². The monoisotopic (exact) mass is 328 g/mol. The smallest absolute Gasteiger partial charge is 0.323 e. The number of urea groups is 1. The van der Waals surface area contributed by atoms with E-state index >= 15 is 0 Å². The first-order valence-electron chi connectivity index (χ1n) is 7.84. The number of hydrogen-bond donors (Lipinski definition) is 2. The zero-order valence-electron chi connectivity index (χ0n) is 13.7. The van der Waals surface area contributed by atoms with Crippen molar-refractivity contribution >= 4 is 17.8 Å². The van der Waals surface area contributed by atoms with Gasteiger partial charge in [0.25, 0.3) is 0 Å². The largest absolute Gasteiger partial charge is 0.481 e. The molecular formula is C17H20N4O3. The van der Waals surface area contributed by atoms with Crippen LogP contribution in [0.2, 0.25) is 0 Å². The first-order chi connectivity index (χ1) is 11.5. The molecule has 1 atom stereocenters. The summed E-state index contributed by atoms with van der Waals surface area (Å²) in [5.74, 6) is -0.755. The van der Waals surface area contributed by atoms with Crippen LogP contribution >= 0.6 is 0 Å². The van der Waals surface area contributed by atoms with Crippen molar-refractivity contribution in [3.05, 3.63) is 35.9 Å². The summed E-state index contributed by atoms with van der Waals surface area (Å²) in [5, 5.41) is 16.3. The lowest BCUT2D eigenvalue weighted by Crippen LogP contribution is -2.34. The predicted molar refractivity (Wildman–Crippen MR) is 89.7 cm³/mol. The van der Waals surface area contributed by atoms with Gasteiger partial charge in [-0.15, -0.1) is 0 Å². The van der Waals surface area contributed by atoms with Crippen LogP contribution in [0.25, 0.3) is 11.3 Å². The normalized spacial score (nSPS) is 17.1. The Morgan fingerprint density at radius 1 is 1.33 bits per heavy atom. The minimum Gasteiger partial charge on any atom is -0.481 e. The number of anilines is 1. The molecule has 0 saturated carbocycles. The van der Waals surface area contributed by atoms with Gasteiger partial charge in [-0.3, -0.25) is 14.8 Å². The third kappa shape index (κ3) is 3.10. The number of aromatic nitrogens is 2. The second kappa shape index (κ2) is 6.35. The van der Waals surface area contributed by atoms with E-state index in [-0.39, 0.29) is 12.6 Å². The number of nitrogens with zero attached hydrogens (tertiary/aromatic N) is 3. The Labute approximate surface area is 139 Å². The van der Waals surface area contributed by atoms with E-state index in [0.29, 0.717) is 18.8 Å². The molecule has 2 heterocycles. The number of amides is 2. The van der Waals surface area contributed by atoms with Gasteiger partial charge in [0.15, 0.2) is 0 Å². The highest BCUT2D eigenvalue weighted by atomic mass is 16.4. The van der Waals surface area contributed by atoms with Crippen LogP contribution in [-0.4, -0.2) is 44.9 Å². The van der Waals surface area contributed by atoms with E-state index in [2.05, 4.69) is 10.4 Å². The van der Waals surface area contributed by atoms with Crippen LogP contribution in [0.3, 0.4) is 0 Å². The molecule has 1 aliphatic rings. The first-order valence-corrected chi connectivity index (χ1v) is 7.84. The lowest BCUT2D eigenvalue weighted by molar-refractivity contribution is -0.141. The van der Waals surface area contributed by atoms with Crippen molar-refractivity contribution in [3.63, 3.8) is 0 Å². The molecule has 0 aliphatic carbocycles. The highest BCUT2D eigenvalue weighted by Gasteiger charge is 2.31. The zero-order valence-corrected chi connectivity index (χ0v) is 13.7. The summed E-state index contributed by atoms with van der Waals surface area (Å²) in [4.78, 5) is 24.9. The van der Waals surface area contributed by atoms with Gasteiger partial charge >= 0.3 is 12.0 Å². The summed E-state index contributed by atoms with van der Waals surface area (Å²) in [6.45, 7) is 2.70. The van der Waals surface area contributed by atoms with Crippen LogP contribution in [0.15, 0.2) is 30.3 Å². The van der Waals surface area contributed by atoms with Crippen LogP contribution in [-0.2, 0) is 11.8 Å². The van der Waals surface area contributed by atoms with Crippen molar-refractivity contribution in [2.45, 2.75) is 13.3 Å². The molecule has 7 heteroatoms. The summed E-state index contributed by atoms with van der Waals surface area (Å²) < 4.78 is 1.62. The number of nitrogens with one attached hydrogen (secondary N) is 1. The lowest BCUT2D eigenvalue weighted by Gasteiger charge is -2.16. The third-order valence-corrected chi connectivity index (χ3v) is 4.36. The van der Waals surface area contributed by atoms with E-state index in [4.69, 9.17) is 5.11 Å². The van der Waals surface area contributed by atoms with E-state index in [0.717, 1.165) is 16.8 Å². The average Bonchev–Trinajstić information content (AvgIpc) is 3.16. The van der Waals surface area contributed by atoms with Crippen molar-refractivity contribution in [1.29, 1.82) is 0 Å². The Bertz CT molecular complexity index is 784. The maximum absolute atomic E-state index is 12.3. The van der Waals surface area contributed by atoms with Crippen molar-refractivity contribution in [1.82, 2.24) is 14.7 Å². The van der Waals surface area contributed by atoms with Crippen molar-refractivity contribution in [2.75, 3.05) is 18.4 Å². The molecule has 24 heavy (non-hydrogen) atoms. The number of benzene rings is 1. The number of aliphatic carboxylic acids is 1. The number of hydrogen-bond acceptors (Lipinski definition) is 3. The molecule has 2 N–H and O–H groups in total. The van der Waals surface area contributed by atoms with Gasteiger partial charge < -0.3 is 10.0 Å². The summed E-state index contributed by atoms with van der Waals surface area (Å²) >= 11 is 0. The second-order valence-corrected chi connectivity index (χ2v) is 6.05. The summed E-state index contributed by atoms with van der Waals surface area (Å²) in [6.07, 6.45) is 0.489. The summed E-state index contributed by atoms with van der Waals surface area (Å²) in [5.41, 5.74) is 2.91. The van der Waals surface area contributed by atoms with Crippen molar-refractivity contribution < 1.29 is 14.7 Å². The van der Waals surface area contributed by atoms with Crippen molar-refractivity contribution in [2.24, 2.45) is 13.0 Å². The fourth-order valence-corrected chi connectivity index (χ4v) is 2.91. The summed E-state index contributed by atoms with van der Waals surface area (Å²) in [7, 11) is 1.77. The number of carbonyl (C=O) groups is 2. The van der Waals surface area contributed by atoms with Crippen LogP contribution in [0.1, 0.15) is 12.0 Å². The lowest BCUT2D eigenvalue weighted by atomic mass is 10.1. The molecule has 1 unspecified atom stereocenters. The average molecular weight is 328 g/mol. The Morgan fingerprint density at radius 2 is 2.08 bits per heavy atom. The van der Waals surface area contributed by atoms with E-state index in [1.165, 1.54) is 4.90 Å². The Balaban J connectivity index is 1.74. The van der Waals surface area contributed by atoms with Gasteiger partial charge in [-0.05, 0) is 18.9 Å². The quantitative estimate of drug-likeness (QED) is 0.905. The Morgan fingerprint density at radius 3 is 2.75 bits per heavy atom. The Hall–Kier alpha value is -2.83. The maximum Gasteiger partial charge on any atom is 0.323 e. The van der Waals surface area contributed by atoms with Gasteiger partial charge in [-0.25, -0.2) is 4.79 Å². The molecule has 1 aliphatic heterocycles. The Kier molecular flexibility index (Phi) is 4.24. The molecule has 0 radical (unpaired) electrons. The predicted octanol–water partition coefficient (Wildman–Crippen LogP) is 2.33. The summed E-state index contributed by atoms with van der Waals surface area (Å²) in [6, 6.07) is 9.45. The number of aryl methyl sites for hydroxylation is 2. The van der Waals surface area contributed by atoms with E-state index in [9.17, 15) is 9.59 Å². The number of likely N-dealkylation sites (tertiary alicyclic amines) is 1. The van der Waals surface area contributed by atoms with Gasteiger partial charge in [0.1, 0.15) is 5.82 Å². The molecule has 126 valence electrons. The SMILES string of the molecule is Cc1ccccc1-c1cc(NC(=O)N2CCC(C(=O)O)C2)n(C)n1. The van der Waals surface area contributed by atoms with E-state index in [1.54, 1.807) is 11.7 Å². The van der Waals surface area contributed by atoms with Gasteiger partial charge in [0.05, 0.1) is 11.6 Å². The fraction of sp³-hybridized carbons (Fsp3) is 0.353. The molecular weight excluding hydrogens is 308 g/mol. The standard InChI is InChI=1S/C17H20N4O3/c1-11-5-3-4-6-13(11)14-9-15(20(2)19-14)18-17(24)21-8-7-12(10-21)16(22)23/h3-6,9,12H,7-8,10H2,1-2H3,(H,18,24)(H,22,23). The van der Waals surface area contributed by atoms with Gasteiger partial charge in [0, 0.05) is 31.8 Å². The second-order valence-electron chi connectivity index (χ2n) is 6.05. The zero-order chi connectivity index (χ0) is 17.3. The molecule has 1 saturated heterocycles. The minimum absolute atomic E-state index is 0.240. The van der Waals surface area contributed by atoms with Gasteiger partial charge in [-0.2, -0.15) is 5.10 Å². The molecule has 2 amide bonds. The third-order valence-electron chi connectivity index (χ3n) is 4.36. The van der Waals surface area contributed by atoms with Crippen LogP contribution < -0.4 is 5.32 Å². The molecule has 3 rings (SSSR count). The number of rotatable bonds is 3. The van der Waals surface area contributed by atoms with E-state index < -0.39 is 11.9 Å². The first kappa shape index (κ1) is 16.0. The van der Waals surface area contributed by atoms with E-state index in [1.807, 2.05) is 37.3 Å². The highest BCUT2D eigenvalue weighted by Crippen LogP contribution is 2.25. The topological polar surface area (TPSA) is 87.5 Å². The highest BCUT2D eigenvalue weighted by molar-refractivity contribution is 5.90. The fourth-order valence-electron chi connectivity index (χ4n) is 2.91. The molecule has 7 nitrogen and oxygen atoms in total. The molecule has 0 spiro atoms. The number of carbonyl (C=O) groups excluding carboxylic acids is 1. The number of carboxylic acid groups (broad SMARTS) is 1. The number of carboxylic acids is 1. The minimum atomic E-state index is -0.854. The molecule has 1 fully saturated rings. The molecule has 2 aromatic rings. The maximum atomic E-state index is 12.3. The molecule has 1 aromatic heterocycles. The van der Waals surface area contributed by atoms with Crippen LogP contribution in [0.4, 0.5) is 10.6 Å². The molecule has 1 aromatic carbocycles. The van der Waals surface area contributed by atoms with Crippen LogP contribution in [0.5, 0.6) is 0 Å².